The van der Waals surface area contributed by atoms with Crippen molar-refractivity contribution in [3.05, 3.63) is 129 Å². The van der Waals surface area contributed by atoms with E-state index in [9.17, 15) is 4.79 Å². The molecular formula is C32H27ClN2O2S. The molecule has 5 rings (SSSR count). The van der Waals surface area contributed by atoms with Crippen molar-refractivity contribution in [2.75, 3.05) is 4.90 Å². The van der Waals surface area contributed by atoms with Crippen molar-refractivity contribution in [2.45, 2.75) is 27.4 Å². The average molecular weight is 539 g/mol. The Morgan fingerprint density at radius 2 is 1.45 bits per heavy atom. The summed E-state index contributed by atoms with van der Waals surface area (Å²) in [6.45, 7) is 6.54. The van der Waals surface area contributed by atoms with Crippen LogP contribution in [0.2, 0.25) is 5.02 Å². The normalized spacial score (nSPS) is 15.5. The first-order valence-corrected chi connectivity index (χ1v) is 13.5. The van der Waals surface area contributed by atoms with E-state index in [-0.39, 0.29) is 5.91 Å². The molecule has 4 aromatic rings. The number of anilines is 1. The van der Waals surface area contributed by atoms with Gasteiger partial charge in [-0.25, -0.2) is 4.99 Å². The maximum atomic E-state index is 13.6. The van der Waals surface area contributed by atoms with Gasteiger partial charge in [0.05, 0.1) is 21.3 Å². The fraction of sp³-hybridized carbons (Fsp3) is 0.125. The zero-order valence-corrected chi connectivity index (χ0v) is 23.0. The van der Waals surface area contributed by atoms with Crippen molar-refractivity contribution >= 4 is 51.9 Å². The average Bonchev–Trinajstić information content (AvgIpc) is 3.20. The fourth-order valence-electron chi connectivity index (χ4n) is 3.92. The van der Waals surface area contributed by atoms with Crippen LogP contribution < -0.4 is 9.64 Å². The standard InChI is InChI=1S/C32H27ClN2O2S/c1-21-4-10-24(11-5-21)20-37-29-17-12-25(18-28(29)33)19-30-31(36)35(27-15-8-23(3)9-16-27)32(38-30)34-26-13-6-22(2)7-14-26/h4-19H,20H2,1-3H3/b30-19-,34-32?. The van der Waals surface area contributed by atoms with Gasteiger partial charge in [-0.1, -0.05) is 82.9 Å². The van der Waals surface area contributed by atoms with Crippen LogP contribution >= 0.6 is 23.4 Å². The van der Waals surface area contributed by atoms with Crippen LogP contribution in [0.4, 0.5) is 11.4 Å². The van der Waals surface area contributed by atoms with Gasteiger partial charge in [0.1, 0.15) is 12.4 Å². The maximum absolute atomic E-state index is 13.6. The Morgan fingerprint density at radius 1 is 0.842 bits per heavy atom. The lowest BCUT2D eigenvalue weighted by Crippen LogP contribution is -2.28. The molecule has 1 aliphatic rings. The van der Waals surface area contributed by atoms with Gasteiger partial charge in [0.25, 0.3) is 5.91 Å². The van der Waals surface area contributed by atoms with Crippen LogP contribution in [0.3, 0.4) is 0 Å². The van der Waals surface area contributed by atoms with Crippen LogP contribution in [-0.2, 0) is 11.4 Å². The molecule has 0 aliphatic carbocycles. The number of ether oxygens (including phenoxy) is 1. The predicted molar refractivity (Wildman–Crippen MR) is 159 cm³/mol. The van der Waals surface area contributed by atoms with Gasteiger partial charge in [-0.2, -0.15) is 0 Å². The molecule has 6 heteroatoms. The van der Waals surface area contributed by atoms with Crippen molar-refractivity contribution in [1.29, 1.82) is 0 Å². The highest BCUT2D eigenvalue weighted by molar-refractivity contribution is 8.19. The molecule has 1 aliphatic heterocycles. The first-order valence-electron chi connectivity index (χ1n) is 12.3. The van der Waals surface area contributed by atoms with Gasteiger partial charge < -0.3 is 4.74 Å². The molecular weight excluding hydrogens is 512 g/mol. The highest BCUT2D eigenvalue weighted by Crippen LogP contribution is 2.38. The number of halogens is 1. The number of amides is 1. The molecule has 0 bridgehead atoms. The summed E-state index contributed by atoms with van der Waals surface area (Å²) in [5.41, 5.74) is 6.94. The van der Waals surface area contributed by atoms with Crippen molar-refractivity contribution in [1.82, 2.24) is 0 Å². The first-order chi connectivity index (χ1) is 18.4. The number of aryl methyl sites for hydroxylation is 3. The molecule has 1 heterocycles. The summed E-state index contributed by atoms with van der Waals surface area (Å²) in [6, 6.07) is 29.6. The Kier molecular flexibility index (Phi) is 7.68. The summed E-state index contributed by atoms with van der Waals surface area (Å²) in [5.74, 6) is 0.475. The number of hydrogen-bond acceptors (Lipinski definition) is 4. The number of amidine groups is 1. The lowest BCUT2D eigenvalue weighted by atomic mass is 10.1. The maximum Gasteiger partial charge on any atom is 0.271 e. The van der Waals surface area contributed by atoms with Crippen molar-refractivity contribution < 1.29 is 9.53 Å². The van der Waals surface area contributed by atoms with E-state index >= 15 is 0 Å². The van der Waals surface area contributed by atoms with Crippen LogP contribution in [0.5, 0.6) is 5.75 Å². The smallest absolute Gasteiger partial charge is 0.271 e. The molecule has 0 atom stereocenters. The van der Waals surface area contributed by atoms with E-state index in [1.54, 1.807) is 4.90 Å². The summed E-state index contributed by atoms with van der Waals surface area (Å²) in [4.78, 5) is 20.6. The van der Waals surface area contributed by atoms with Crippen molar-refractivity contribution in [2.24, 2.45) is 4.99 Å². The third-order valence-electron chi connectivity index (χ3n) is 6.13. The van der Waals surface area contributed by atoms with E-state index in [0.717, 1.165) is 33.6 Å². The molecule has 0 N–H and O–H groups in total. The minimum absolute atomic E-state index is 0.125. The Hall–Kier alpha value is -3.80. The molecule has 0 spiro atoms. The number of rotatable bonds is 6. The second kappa shape index (κ2) is 11.3. The van der Waals surface area contributed by atoms with Crippen LogP contribution in [0, 0.1) is 20.8 Å². The monoisotopic (exact) mass is 538 g/mol. The zero-order valence-electron chi connectivity index (χ0n) is 21.4. The Labute approximate surface area is 232 Å². The molecule has 0 aromatic heterocycles. The van der Waals surface area contributed by atoms with E-state index in [0.29, 0.717) is 27.5 Å². The van der Waals surface area contributed by atoms with Crippen molar-refractivity contribution in [3.8, 4) is 5.75 Å². The molecule has 1 amide bonds. The first kappa shape index (κ1) is 25.8. The molecule has 4 aromatic carbocycles. The Balaban J connectivity index is 1.41. The molecule has 0 saturated carbocycles. The number of nitrogens with zero attached hydrogens (tertiary/aromatic N) is 2. The highest BCUT2D eigenvalue weighted by Gasteiger charge is 2.34. The summed E-state index contributed by atoms with van der Waals surface area (Å²) in [5, 5.41) is 1.10. The summed E-state index contributed by atoms with van der Waals surface area (Å²) in [7, 11) is 0. The van der Waals surface area contributed by atoms with E-state index in [4.69, 9.17) is 21.3 Å². The minimum Gasteiger partial charge on any atom is -0.487 e. The number of hydrogen-bond donors (Lipinski definition) is 0. The number of carbonyl (C=O) groups excluding carboxylic acids is 1. The molecule has 0 radical (unpaired) electrons. The Bertz CT molecular complexity index is 1530. The fourth-order valence-corrected chi connectivity index (χ4v) is 5.17. The second-order valence-corrected chi connectivity index (χ2v) is 10.7. The van der Waals surface area contributed by atoms with E-state index in [1.807, 2.05) is 98.8 Å². The highest BCUT2D eigenvalue weighted by atomic mass is 35.5. The lowest BCUT2D eigenvalue weighted by Gasteiger charge is -2.16. The predicted octanol–water partition coefficient (Wildman–Crippen LogP) is 8.65. The van der Waals surface area contributed by atoms with Crippen LogP contribution in [0.25, 0.3) is 6.08 Å². The molecule has 1 saturated heterocycles. The number of carbonyl (C=O) groups is 1. The molecule has 4 nitrogen and oxygen atoms in total. The third kappa shape index (κ3) is 6.01. The number of aliphatic imine (C=N–C) groups is 1. The zero-order chi connectivity index (χ0) is 26.6. The van der Waals surface area contributed by atoms with Gasteiger partial charge in [-0.05, 0) is 86.1 Å². The van der Waals surface area contributed by atoms with Gasteiger partial charge in [-0.15, -0.1) is 0 Å². The molecule has 190 valence electrons. The van der Waals surface area contributed by atoms with E-state index in [1.165, 1.54) is 17.3 Å². The van der Waals surface area contributed by atoms with E-state index < -0.39 is 0 Å². The van der Waals surface area contributed by atoms with Crippen molar-refractivity contribution in [3.63, 3.8) is 0 Å². The van der Waals surface area contributed by atoms with Crippen LogP contribution in [-0.4, -0.2) is 11.1 Å². The summed E-state index contributed by atoms with van der Waals surface area (Å²) in [6.07, 6.45) is 1.85. The molecule has 1 fully saturated rings. The lowest BCUT2D eigenvalue weighted by molar-refractivity contribution is -0.113. The van der Waals surface area contributed by atoms with E-state index in [2.05, 4.69) is 19.1 Å². The summed E-state index contributed by atoms with van der Waals surface area (Å²) >= 11 is 7.90. The number of benzene rings is 4. The summed E-state index contributed by atoms with van der Waals surface area (Å²) < 4.78 is 5.93. The van der Waals surface area contributed by atoms with Gasteiger partial charge in [0.2, 0.25) is 0 Å². The quantitative estimate of drug-likeness (QED) is 0.231. The van der Waals surface area contributed by atoms with Crippen LogP contribution in [0.15, 0.2) is 101 Å². The molecule has 38 heavy (non-hydrogen) atoms. The van der Waals surface area contributed by atoms with Gasteiger partial charge in [0, 0.05) is 0 Å². The third-order valence-corrected chi connectivity index (χ3v) is 7.39. The largest absolute Gasteiger partial charge is 0.487 e. The minimum atomic E-state index is -0.125. The topological polar surface area (TPSA) is 41.9 Å². The van der Waals surface area contributed by atoms with Gasteiger partial charge in [0.15, 0.2) is 5.17 Å². The number of thioether (sulfide) groups is 1. The molecule has 0 unspecified atom stereocenters. The second-order valence-electron chi connectivity index (χ2n) is 9.28. The SMILES string of the molecule is Cc1ccc(COc2ccc(/C=C3\SC(=Nc4ccc(C)cc4)N(c4ccc(C)cc4)C3=O)cc2Cl)cc1. The Morgan fingerprint density at radius 3 is 2.08 bits per heavy atom. The van der Waals surface area contributed by atoms with Gasteiger partial charge in [-0.3, -0.25) is 9.69 Å². The van der Waals surface area contributed by atoms with Gasteiger partial charge >= 0.3 is 0 Å². The van der Waals surface area contributed by atoms with Crippen LogP contribution in [0.1, 0.15) is 27.8 Å².